The molecule has 0 N–H and O–H groups in total. The van der Waals surface area contributed by atoms with E-state index in [2.05, 4.69) is 104 Å². The Hall–Kier alpha value is -7.46. The number of hydrogen-bond donors (Lipinski definition) is 0. The largest absolute Gasteiger partial charge is 2.00 e. The van der Waals surface area contributed by atoms with E-state index in [1.165, 1.54) is 0 Å². The summed E-state index contributed by atoms with van der Waals surface area (Å²) in [6.45, 7) is 4.50. The number of nitrogens with zero attached hydrogens (tertiary/aromatic N) is 2. The summed E-state index contributed by atoms with van der Waals surface area (Å²) in [4.78, 5) is 10.4. The zero-order valence-corrected chi connectivity index (χ0v) is 38.3. The third-order valence-corrected chi connectivity index (χ3v) is 13.1. The molecular weight excluding hydrogens is 910 g/mol. The molecule has 5 nitrogen and oxygen atoms in total. The standard InChI is InChI=1S/C60H46N2O2.CO.Ru/c63-59-45(35-43-23-9-13-27-49(43)57(59)55-47-25-11-7-21-41(47)31-33-51(55)39-17-3-1-4-18-39)37-61-53-29-15-16-30-54(53)62-38-46-36-44-24-10-14-28-50(44)58(60(46)64)56-48-26-12-8-22-42(48)32-34-52(56)40-19-5-2-6-20-40;1-2;/h1-14,17-28,31-38,53-54,63-64H,15-16,29-30H2;;/q;;+2/p-2/t53-,54-;;/m1../s1. The average molecular weight is 954 g/mol. The molecule has 0 radical (unpaired) electrons. The van der Waals surface area contributed by atoms with Gasteiger partial charge in [0, 0.05) is 12.4 Å². The first-order chi connectivity index (χ1) is 32.6. The van der Waals surface area contributed by atoms with Crippen molar-refractivity contribution < 1.29 is 34.3 Å². The second kappa shape index (κ2) is 20.0. The molecule has 1 aliphatic rings. The first-order valence-electron chi connectivity index (χ1n) is 22.5. The Bertz CT molecular complexity index is 3260. The summed E-state index contributed by atoms with van der Waals surface area (Å²) in [6, 6.07) is 65.8. The SMILES string of the molecule is [C-]#[O+].[O-]c1c(C=N[C@@H]2CCCC[C@H]2N=Cc2cc3ccccc3c(-c3c(-c4ccccc4)ccc4ccccc34)c2[O-])cc2ccccc2c1-c1c(-c2ccccc2)ccc2ccccc12.[Ru+2]. The summed E-state index contributed by atoms with van der Waals surface area (Å²) in [5.41, 5.74) is 8.50. The summed E-state index contributed by atoms with van der Waals surface area (Å²) in [6.07, 6.45) is 7.32. The van der Waals surface area contributed by atoms with Gasteiger partial charge in [-0.05, 0) is 124 Å². The van der Waals surface area contributed by atoms with E-state index in [4.69, 9.17) is 14.6 Å². The van der Waals surface area contributed by atoms with Crippen LogP contribution in [0.1, 0.15) is 36.8 Å². The van der Waals surface area contributed by atoms with E-state index in [9.17, 15) is 0 Å². The van der Waals surface area contributed by atoms with Crippen molar-refractivity contribution in [3.8, 4) is 56.0 Å². The first kappa shape index (κ1) is 44.7. The molecule has 324 valence electrons. The summed E-state index contributed by atoms with van der Waals surface area (Å²) in [5, 5.41) is 38.1. The molecule has 6 heteroatoms. The molecule has 11 rings (SSSR count). The van der Waals surface area contributed by atoms with E-state index in [0.29, 0.717) is 22.3 Å². The molecule has 0 aromatic heterocycles. The Morgan fingerprint density at radius 1 is 0.403 bits per heavy atom. The van der Waals surface area contributed by atoms with Gasteiger partial charge in [0.15, 0.2) is 0 Å². The molecular formula is C61H44N2O3Ru. The number of hydrogen-bond acceptors (Lipinski definition) is 4. The fourth-order valence-corrected chi connectivity index (χ4v) is 9.98. The topological polar surface area (TPSA) is 90.7 Å². The second-order valence-corrected chi connectivity index (χ2v) is 16.9. The Morgan fingerprint density at radius 2 is 0.731 bits per heavy atom. The Kier molecular flexibility index (Phi) is 13.3. The number of aliphatic imine (C=N–C) groups is 2. The maximum Gasteiger partial charge on any atom is 2.00 e. The quantitative estimate of drug-likeness (QED) is 0.0657. The Labute approximate surface area is 403 Å². The van der Waals surface area contributed by atoms with Gasteiger partial charge in [0.1, 0.15) is 0 Å². The van der Waals surface area contributed by atoms with Crippen molar-refractivity contribution in [1.82, 2.24) is 0 Å². The van der Waals surface area contributed by atoms with Gasteiger partial charge in [-0.3, -0.25) is 9.98 Å². The summed E-state index contributed by atoms with van der Waals surface area (Å²) in [7, 11) is 0. The zero-order valence-electron chi connectivity index (χ0n) is 36.6. The molecule has 10 aromatic rings. The minimum atomic E-state index is -0.144. The van der Waals surface area contributed by atoms with Gasteiger partial charge >= 0.3 is 30.8 Å². The third kappa shape index (κ3) is 8.60. The third-order valence-electron chi connectivity index (χ3n) is 13.1. The van der Waals surface area contributed by atoms with Crippen LogP contribution in [0.4, 0.5) is 0 Å². The molecule has 0 saturated heterocycles. The fraction of sp³-hybridized carbons (Fsp3) is 0.0984. The van der Waals surface area contributed by atoms with Gasteiger partial charge in [-0.25, -0.2) is 0 Å². The van der Waals surface area contributed by atoms with Crippen LogP contribution in [0.15, 0.2) is 204 Å². The normalized spacial score (nSPS) is 14.9. The van der Waals surface area contributed by atoms with E-state index < -0.39 is 0 Å². The van der Waals surface area contributed by atoms with Crippen LogP contribution in [0, 0.1) is 6.65 Å². The predicted molar refractivity (Wildman–Crippen MR) is 269 cm³/mol. The van der Waals surface area contributed by atoms with E-state index in [0.717, 1.165) is 102 Å². The van der Waals surface area contributed by atoms with Crippen LogP contribution in [-0.2, 0) is 24.1 Å². The minimum absolute atomic E-state index is 0. The van der Waals surface area contributed by atoms with Crippen LogP contribution >= 0.6 is 0 Å². The van der Waals surface area contributed by atoms with E-state index in [-0.39, 0.29) is 43.1 Å². The summed E-state index contributed by atoms with van der Waals surface area (Å²) < 4.78 is 7.50. The molecule has 0 heterocycles. The molecule has 1 aliphatic carbocycles. The molecule has 0 spiro atoms. The molecule has 0 unspecified atom stereocenters. The van der Waals surface area contributed by atoms with Crippen molar-refractivity contribution in [2.24, 2.45) is 9.98 Å². The predicted octanol–water partition coefficient (Wildman–Crippen LogP) is 13.9. The van der Waals surface area contributed by atoms with E-state index in [1.807, 2.05) is 97.1 Å². The Morgan fingerprint density at radius 3 is 1.12 bits per heavy atom. The van der Waals surface area contributed by atoms with Gasteiger partial charge < -0.3 is 10.2 Å². The van der Waals surface area contributed by atoms with E-state index >= 15 is 10.2 Å². The molecule has 10 aromatic carbocycles. The molecule has 2 atom stereocenters. The van der Waals surface area contributed by atoms with E-state index in [1.54, 1.807) is 12.4 Å². The monoisotopic (exact) mass is 954 g/mol. The van der Waals surface area contributed by atoms with Crippen molar-refractivity contribution in [1.29, 1.82) is 0 Å². The van der Waals surface area contributed by atoms with Gasteiger partial charge in [0.2, 0.25) is 0 Å². The van der Waals surface area contributed by atoms with Gasteiger partial charge in [-0.15, -0.1) is 0 Å². The smallest absolute Gasteiger partial charge is 0.872 e. The van der Waals surface area contributed by atoms with Gasteiger partial charge in [0.05, 0.1) is 12.1 Å². The average Bonchev–Trinajstić information content (AvgIpc) is 3.38. The molecule has 0 aliphatic heterocycles. The van der Waals surface area contributed by atoms with Crippen LogP contribution < -0.4 is 10.2 Å². The summed E-state index contributed by atoms with van der Waals surface area (Å²) >= 11 is 0. The number of rotatable bonds is 8. The summed E-state index contributed by atoms with van der Waals surface area (Å²) in [5.74, 6) is -0.0929. The van der Waals surface area contributed by atoms with Gasteiger partial charge in [0.25, 0.3) is 0 Å². The Balaban J connectivity index is 0.00000185. The number of benzene rings is 10. The molecule has 0 amide bonds. The van der Waals surface area contributed by atoms with Crippen LogP contribution in [0.25, 0.3) is 87.6 Å². The van der Waals surface area contributed by atoms with Crippen molar-refractivity contribution in [2.45, 2.75) is 37.8 Å². The molecule has 1 saturated carbocycles. The first-order valence-corrected chi connectivity index (χ1v) is 22.5. The van der Waals surface area contributed by atoms with Crippen LogP contribution in [0.3, 0.4) is 0 Å². The molecule has 1 fully saturated rings. The van der Waals surface area contributed by atoms with Crippen molar-refractivity contribution >= 4 is 55.5 Å². The van der Waals surface area contributed by atoms with Gasteiger partial charge in [-0.1, -0.05) is 206 Å². The maximum absolute atomic E-state index is 15.0. The van der Waals surface area contributed by atoms with Crippen LogP contribution in [0.5, 0.6) is 11.5 Å². The fourth-order valence-electron chi connectivity index (χ4n) is 9.98. The molecule has 67 heavy (non-hydrogen) atoms. The second-order valence-electron chi connectivity index (χ2n) is 16.9. The molecule has 0 bridgehead atoms. The van der Waals surface area contributed by atoms with Crippen LogP contribution in [0.2, 0.25) is 0 Å². The van der Waals surface area contributed by atoms with Crippen molar-refractivity contribution in [3.05, 3.63) is 212 Å². The number of fused-ring (bicyclic) bond motifs is 4. The van der Waals surface area contributed by atoms with Gasteiger partial charge in [-0.2, -0.15) is 0 Å². The van der Waals surface area contributed by atoms with Crippen molar-refractivity contribution in [3.63, 3.8) is 0 Å². The zero-order chi connectivity index (χ0) is 45.0. The minimum Gasteiger partial charge on any atom is -0.872 e. The van der Waals surface area contributed by atoms with Crippen molar-refractivity contribution in [2.75, 3.05) is 0 Å². The maximum atomic E-state index is 15.0. The van der Waals surface area contributed by atoms with Crippen LogP contribution in [-0.4, -0.2) is 24.5 Å².